The van der Waals surface area contributed by atoms with Crippen molar-refractivity contribution in [2.75, 3.05) is 12.4 Å². The Morgan fingerprint density at radius 1 is 1.29 bits per heavy atom. The van der Waals surface area contributed by atoms with Gasteiger partial charge in [-0.25, -0.2) is 4.98 Å². The van der Waals surface area contributed by atoms with E-state index in [1.54, 1.807) is 11.6 Å². The van der Waals surface area contributed by atoms with Crippen molar-refractivity contribution in [1.29, 1.82) is 0 Å². The third-order valence-corrected chi connectivity index (χ3v) is 6.11. The summed E-state index contributed by atoms with van der Waals surface area (Å²) >= 11 is 3.02. The first kappa shape index (κ1) is 17.2. The van der Waals surface area contributed by atoms with E-state index in [0.717, 1.165) is 21.7 Å². The fourth-order valence-electron chi connectivity index (χ4n) is 2.53. The second-order valence-electron chi connectivity index (χ2n) is 5.81. The molecule has 2 heterocycles. The number of fused-ring (bicyclic) bond motifs is 1. The summed E-state index contributed by atoms with van der Waals surface area (Å²) in [7, 11) is 1.76. The van der Waals surface area contributed by atoms with Gasteiger partial charge in [-0.2, -0.15) is 0 Å². The lowest BCUT2D eigenvalue weighted by Crippen LogP contribution is -2.19. The number of thiophene rings is 1. The fraction of sp³-hybridized carbons (Fsp3) is 0.333. The highest BCUT2D eigenvalue weighted by molar-refractivity contribution is 7.99. The molecule has 1 N–H and O–H groups in total. The predicted octanol–water partition coefficient (Wildman–Crippen LogP) is 3.75. The Morgan fingerprint density at radius 2 is 2.08 bits per heavy atom. The number of aromatic nitrogens is 2. The van der Waals surface area contributed by atoms with Gasteiger partial charge in [-0.1, -0.05) is 30.0 Å². The molecule has 24 heavy (non-hydrogen) atoms. The molecule has 6 heteroatoms. The predicted molar refractivity (Wildman–Crippen MR) is 102 cm³/mol. The summed E-state index contributed by atoms with van der Waals surface area (Å²) in [5.41, 5.74) is 4.46. The van der Waals surface area contributed by atoms with Crippen molar-refractivity contribution >= 4 is 33.3 Å². The van der Waals surface area contributed by atoms with E-state index in [2.05, 4.69) is 37.0 Å². The standard InChI is InChI=1S/C18H20N2O2S2/c1-11-5-6-13(9-12(11)2)14-10-24-16-15(14)17(22)20(3)18(19-16)23-8-4-7-21/h5-6,9-10,21H,4,7-8H2,1-3H3. The van der Waals surface area contributed by atoms with Crippen LogP contribution in [0.5, 0.6) is 0 Å². The molecule has 1 aromatic carbocycles. The van der Waals surface area contributed by atoms with Gasteiger partial charge in [0.2, 0.25) is 0 Å². The summed E-state index contributed by atoms with van der Waals surface area (Å²) in [6.07, 6.45) is 0.691. The molecule has 2 aromatic heterocycles. The minimum absolute atomic E-state index is 0.0130. The SMILES string of the molecule is Cc1ccc(-c2csc3nc(SCCCO)n(C)c(=O)c23)cc1C. The number of aliphatic hydroxyl groups is 1. The number of rotatable bonds is 5. The van der Waals surface area contributed by atoms with Crippen LogP contribution < -0.4 is 5.56 Å². The van der Waals surface area contributed by atoms with Gasteiger partial charge in [-0.3, -0.25) is 9.36 Å². The molecule has 4 nitrogen and oxygen atoms in total. The van der Waals surface area contributed by atoms with Crippen LogP contribution in [-0.4, -0.2) is 27.0 Å². The first-order chi connectivity index (χ1) is 11.5. The summed E-state index contributed by atoms with van der Waals surface area (Å²) in [5.74, 6) is 0.748. The first-order valence-electron chi connectivity index (χ1n) is 7.82. The van der Waals surface area contributed by atoms with Gasteiger partial charge in [-0.15, -0.1) is 11.3 Å². The number of hydrogen-bond donors (Lipinski definition) is 1. The lowest BCUT2D eigenvalue weighted by Gasteiger charge is -2.08. The molecule has 0 bridgehead atoms. The minimum atomic E-state index is -0.0130. The second-order valence-corrected chi connectivity index (χ2v) is 7.73. The summed E-state index contributed by atoms with van der Waals surface area (Å²) in [5, 5.41) is 12.3. The third kappa shape index (κ3) is 3.14. The fourth-order valence-corrected chi connectivity index (χ4v) is 4.42. The molecule has 126 valence electrons. The van der Waals surface area contributed by atoms with Crippen LogP contribution in [0.15, 0.2) is 33.5 Å². The van der Waals surface area contributed by atoms with Gasteiger partial charge in [0.25, 0.3) is 5.56 Å². The van der Waals surface area contributed by atoms with Crippen LogP contribution >= 0.6 is 23.1 Å². The Morgan fingerprint density at radius 3 is 2.79 bits per heavy atom. The maximum Gasteiger partial charge on any atom is 0.263 e. The van der Waals surface area contributed by atoms with Crippen LogP contribution in [0.25, 0.3) is 21.3 Å². The normalized spacial score (nSPS) is 11.3. The Bertz CT molecular complexity index is 944. The Labute approximate surface area is 149 Å². The molecule has 0 saturated heterocycles. The zero-order valence-corrected chi connectivity index (χ0v) is 15.6. The number of thioether (sulfide) groups is 1. The number of hydrogen-bond acceptors (Lipinski definition) is 5. The van der Waals surface area contributed by atoms with E-state index < -0.39 is 0 Å². The van der Waals surface area contributed by atoms with E-state index in [1.165, 1.54) is 34.2 Å². The van der Waals surface area contributed by atoms with Crippen LogP contribution in [0.2, 0.25) is 0 Å². The number of nitrogens with zero attached hydrogens (tertiary/aromatic N) is 2. The van der Waals surface area contributed by atoms with Gasteiger partial charge >= 0.3 is 0 Å². The molecule has 0 spiro atoms. The lowest BCUT2D eigenvalue weighted by atomic mass is 10.0. The molecule has 0 amide bonds. The quantitative estimate of drug-likeness (QED) is 0.428. The molecule has 0 saturated carbocycles. The number of aliphatic hydroxyl groups excluding tert-OH is 1. The molecule has 0 aliphatic rings. The summed E-state index contributed by atoms with van der Waals surface area (Å²) < 4.78 is 1.61. The van der Waals surface area contributed by atoms with Crippen molar-refractivity contribution in [3.05, 3.63) is 45.1 Å². The van der Waals surface area contributed by atoms with E-state index in [1.807, 2.05) is 5.38 Å². The third-order valence-electron chi connectivity index (χ3n) is 4.13. The van der Waals surface area contributed by atoms with E-state index in [4.69, 9.17) is 5.11 Å². The Kier molecular flexibility index (Phi) is 5.08. The highest BCUT2D eigenvalue weighted by atomic mass is 32.2. The second kappa shape index (κ2) is 7.09. The average molecular weight is 361 g/mol. The van der Waals surface area contributed by atoms with E-state index in [0.29, 0.717) is 17.0 Å². The van der Waals surface area contributed by atoms with Gasteiger partial charge < -0.3 is 5.11 Å². The smallest absolute Gasteiger partial charge is 0.263 e. The molecule has 0 aliphatic carbocycles. The summed E-state index contributed by atoms with van der Waals surface area (Å²) in [6, 6.07) is 6.28. The molecule has 0 radical (unpaired) electrons. The molecule has 0 aliphatic heterocycles. The van der Waals surface area contributed by atoms with Crippen molar-refractivity contribution in [3.8, 4) is 11.1 Å². The van der Waals surface area contributed by atoms with Crippen molar-refractivity contribution in [3.63, 3.8) is 0 Å². The van der Waals surface area contributed by atoms with Crippen LogP contribution in [0.1, 0.15) is 17.5 Å². The molecule has 0 unspecified atom stereocenters. The highest BCUT2D eigenvalue weighted by Crippen LogP contribution is 2.32. The van der Waals surface area contributed by atoms with E-state index >= 15 is 0 Å². The molecule has 3 aromatic rings. The van der Waals surface area contributed by atoms with Crippen LogP contribution in [-0.2, 0) is 7.05 Å². The average Bonchev–Trinajstić information content (AvgIpc) is 2.99. The van der Waals surface area contributed by atoms with Gasteiger partial charge in [0.15, 0.2) is 5.16 Å². The number of benzene rings is 1. The van der Waals surface area contributed by atoms with Gasteiger partial charge in [-0.05, 0) is 37.0 Å². The van der Waals surface area contributed by atoms with Crippen molar-refractivity contribution in [1.82, 2.24) is 9.55 Å². The highest BCUT2D eigenvalue weighted by Gasteiger charge is 2.16. The van der Waals surface area contributed by atoms with Crippen molar-refractivity contribution in [2.45, 2.75) is 25.4 Å². The number of aryl methyl sites for hydroxylation is 2. The zero-order chi connectivity index (χ0) is 17.3. The molecular formula is C18H20N2O2S2. The van der Waals surface area contributed by atoms with Crippen LogP contribution in [0.4, 0.5) is 0 Å². The maximum atomic E-state index is 12.9. The molecule has 0 fully saturated rings. The van der Waals surface area contributed by atoms with Crippen LogP contribution in [0, 0.1) is 13.8 Å². The van der Waals surface area contributed by atoms with E-state index in [-0.39, 0.29) is 12.2 Å². The lowest BCUT2D eigenvalue weighted by molar-refractivity contribution is 0.296. The molecule has 0 atom stereocenters. The van der Waals surface area contributed by atoms with E-state index in [9.17, 15) is 4.79 Å². The Hall–Kier alpha value is -1.63. The Balaban J connectivity index is 2.10. The summed E-state index contributed by atoms with van der Waals surface area (Å²) in [6.45, 7) is 4.32. The topological polar surface area (TPSA) is 55.1 Å². The van der Waals surface area contributed by atoms with Crippen LogP contribution in [0.3, 0.4) is 0 Å². The maximum absolute atomic E-state index is 12.9. The monoisotopic (exact) mass is 360 g/mol. The first-order valence-corrected chi connectivity index (χ1v) is 9.69. The minimum Gasteiger partial charge on any atom is -0.396 e. The largest absolute Gasteiger partial charge is 0.396 e. The van der Waals surface area contributed by atoms with Gasteiger partial charge in [0.1, 0.15) is 4.83 Å². The molecular weight excluding hydrogens is 340 g/mol. The zero-order valence-electron chi connectivity index (χ0n) is 14.0. The summed E-state index contributed by atoms with van der Waals surface area (Å²) in [4.78, 5) is 18.3. The van der Waals surface area contributed by atoms with Gasteiger partial charge in [0.05, 0.1) is 5.39 Å². The van der Waals surface area contributed by atoms with Crippen molar-refractivity contribution in [2.24, 2.45) is 7.05 Å². The van der Waals surface area contributed by atoms with Gasteiger partial charge in [0, 0.05) is 30.4 Å². The van der Waals surface area contributed by atoms with Crippen molar-refractivity contribution < 1.29 is 5.11 Å². The molecule has 3 rings (SSSR count).